The number of nitrogens with one attached hydrogen (secondary N) is 2. The predicted molar refractivity (Wildman–Crippen MR) is 130 cm³/mol. The second-order valence-corrected chi connectivity index (χ2v) is 8.90. The minimum atomic E-state index is -0.524. The van der Waals surface area contributed by atoms with Gasteiger partial charge in [0.15, 0.2) is 10.9 Å². The van der Waals surface area contributed by atoms with Crippen molar-refractivity contribution in [2.45, 2.75) is 13.8 Å². The number of piperazine rings is 1. The number of anilines is 3. The van der Waals surface area contributed by atoms with Gasteiger partial charge in [-0.3, -0.25) is 14.9 Å². The Morgan fingerprint density at radius 3 is 2.21 bits per heavy atom. The van der Waals surface area contributed by atoms with Crippen molar-refractivity contribution in [3.05, 3.63) is 70.5 Å². The fourth-order valence-electron chi connectivity index (χ4n) is 3.66. The van der Waals surface area contributed by atoms with Crippen LogP contribution in [-0.2, 0) is 0 Å². The Balaban J connectivity index is 1.34. The Kier molecular flexibility index (Phi) is 6.87. The zero-order valence-electron chi connectivity index (χ0n) is 18.8. The molecule has 2 N–H and O–H groups in total. The standard InChI is InChI=1S/C24H24FN5O3S/c1-15-21(34-24(26-15)28-23(33)27-19-7-5-18(25)6-8-19)22(32)30-13-11-29(12-14-30)20-9-3-17(4-10-20)16(2)31/h3-10H,11-14H2,1-2H3,(H2,26,27,28,33). The molecule has 1 aromatic heterocycles. The first-order chi connectivity index (χ1) is 16.3. The molecule has 3 amide bonds. The van der Waals surface area contributed by atoms with Crippen molar-refractivity contribution in [3.8, 4) is 0 Å². The number of hydrogen-bond donors (Lipinski definition) is 2. The first kappa shape index (κ1) is 23.4. The molecule has 1 fully saturated rings. The quantitative estimate of drug-likeness (QED) is 0.527. The second-order valence-electron chi connectivity index (χ2n) is 7.90. The zero-order valence-corrected chi connectivity index (χ0v) is 19.6. The van der Waals surface area contributed by atoms with Gasteiger partial charge in [-0.05, 0) is 62.4 Å². The van der Waals surface area contributed by atoms with Crippen LogP contribution in [0.5, 0.6) is 0 Å². The van der Waals surface area contributed by atoms with Gasteiger partial charge in [-0.25, -0.2) is 14.2 Å². The third-order valence-corrected chi connectivity index (χ3v) is 6.58. The van der Waals surface area contributed by atoms with Gasteiger partial charge in [0.2, 0.25) is 0 Å². The Hall–Kier alpha value is -3.79. The van der Waals surface area contributed by atoms with Crippen LogP contribution in [0, 0.1) is 12.7 Å². The lowest BCUT2D eigenvalue weighted by Gasteiger charge is -2.36. The molecular weight excluding hydrogens is 457 g/mol. The third-order valence-electron chi connectivity index (χ3n) is 5.52. The molecule has 176 valence electrons. The van der Waals surface area contributed by atoms with Gasteiger partial charge >= 0.3 is 6.03 Å². The Bertz CT molecular complexity index is 1200. The van der Waals surface area contributed by atoms with E-state index in [1.807, 2.05) is 24.3 Å². The maximum absolute atomic E-state index is 13.1. The number of rotatable bonds is 5. The highest BCUT2D eigenvalue weighted by Gasteiger charge is 2.26. The fraction of sp³-hybridized carbons (Fsp3) is 0.250. The average Bonchev–Trinajstić information content (AvgIpc) is 3.19. The molecule has 34 heavy (non-hydrogen) atoms. The van der Waals surface area contributed by atoms with Crippen molar-refractivity contribution in [3.63, 3.8) is 0 Å². The van der Waals surface area contributed by atoms with E-state index in [0.717, 1.165) is 17.0 Å². The van der Waals surface area contributed by atoms with E-state index >= 15 is 0 Å². The number of amides is 3. The van der Waals surface area contributed by atoms with E-state index in [9.17, 15) is 18.8 Å². The second kappa shape index (κ2) is 10.0. The van der Waals surface area contributed by atoms with E-state index in [2.05, 4.69) is 20.5 Å². The summed E-state index contributed by atoms with van der Waals surface area (Å²) in [6.45, 7) is 5.73. The molecule has 0 aliphatic carbocycles. The molecule has 8 nitrogen and oxygen atoms in total. The Morgan fingerprint density at radius 1 is 0.941 bits per heavy atom. The van der Waals surface area contributed by atoms with Crippen molar-refractivity contribution in [1.82, 2.24) is 9.88 Å². The summed E-state index contributed by atoms with van der Waals surface area (Å²) in [6.07, 6.45) is 0. The van der Waals surface area contributed by atoms with E-state index < -0.39 is 11.8 Å². The number of ketones is 1. The van der Waals surface area contributed by atoms with Crippen LogP contribution in [0.4, 0.5) is 25.7 Å². The number of aryl methyl sites for hydroxylation is 1. The van der Waals surface area contributed by atoms with Crippen LogP contribution in [0.3, 0.4) is 0 Å². The van der Waals surface area contributed by atoms with Crippen LogP contribution in [0.1, 0.15) is 32.6 Å². The van der Waals surface area contributed by atoms with Crippen molar-refractivity contribution in [2.75, 3.05) is 41.7 Å². The SMILES string of the molecule is CC(=O)c1ccc(N2CCN(C(=O)c3sc(NC(=O)Nc4ccc(F)cc4)nc3C)CC2)cc1. The summed E-state index contributed by atoms with van der Waals surface area (Å²) in [5.74, 6) is -0.478. The smallest absolute Gasteiger partial charge is 0.325 e. The number of halogens is 1. The van der Waals surface area contributed by atoms with Crippen LogP contribution >= 0.6 is 11.3 Å². The predicted octanol–water partition coefficient (Wildman–Crippen LogP) is 4.40. The monoisotopic (exact) mass is 481 g/mol. The minimum Gasteiger partial charge on any atom is -0.368 e. The number of aromatic nitrogens is 1. The van der Waals surface area contributed by atoms with Gasteiger partial charge in [0, 0.05) is 43.1 Å². The first-order valence-electron chi connectivity index (χ1n) is 10.8. The number of carbonyl (C=O) groups is 3. The molecule has 0 bridgehead atoms. The van der Waals surface area contributed by atoms with Gasteiger partial charge in [-0.2, -0.15) is 0 Å². The molecule has 4 rings (SSSR count). The highest BCUT2D eigenvalue weighted by Crippen LogP contribution is 2.26. The van der Waals surface area contributed by atoms with Crippen molar-refractivity contribution in [1.29, 1.82) is 0 Å². The van der Waals surface area contributed by atoms with Crippen LogP contribution < -0.4 is 15.5 Å². The first-order valence-corrected chi connectivity index (χ1v) is 11.6. The van der Waals surface area contributed by atoms with Crippen LogP contribution in [0.15, 0.2) is 48.5 Å². The molecule has 0 radical (unpaired) electrons. The maximum Gasteiger partial charge on any atom is 0.325 e. The molecule has 0 spiro atoms. The Labute approximate surface area is 200 Å². The van der Waals surface area contributed by atoms with Gasteiger partial charge in [0.1, 0.15) is 10.7 Å². The molecule has 0 atom stereocenters. The normalized spacial score (nSPS) is 13.5. The minimum absolute atomic E-state index is 0.0312. The summed E-state index contributed by atoms with van der Waals surface area (Å²) in [5, 5.41) is 5.53. The molecule has 0 unspecified atom stereocenters. The molecule has 1 aliphatic heterocycles. The van der Waals surface area contributed by atoms with E-state index in [0.29, 0.717) is 53.1 Å². The van der Waals surface area contributed by atoms with Gasteiger partial charge in [-0.15, -0.1) is 0 Å². The summed E-state index contributed by atoms with van der Waals surface area (Å²) in [7, 11) is 0. The summed E-state index contributed by atoms with van der Waals surface area (Å²) in [5.41, 5.74) is 2.69. The zero-order chi connectivity index (χ0) is 24.2. The van der Waals surface area contributed by atoms with E-state index in [1.165, 1.54) is 24.3 Å². The van der Waals surface area contributed by atoms with E-state index in [4.69, 9.17) is 0 Å². The average molecular weight is 482 g/mol. The lowest BCUT2D eigenvalue weighted by Crippen LogP contribution is -2.48. The number of nitrogens with zero attached hydrogens (tertiary/aromatic N) is 3. The molecule has 2 heterocycles. The number of benzene rings is 2. The lowest BCUT2D eigenvalue weighted by atomic mass is 10.1. The highest BCUT2D eigenvalue weighted by molar-refractivity contribution is 7.17. The number of thiazole rings is 1. The maximum atomic E-state index is 13.1. The van der Waals surface area contributed by atoms with Crippen LogP contribution in [0.25, 0.3) is 0 Å². The number of urea groups is 1. The topological polar surface area (TPSA) is 94.6 Å². The summed E-state index contributed by atoms with van der Waals surface area (Å²) < 4.78 is 13.0. The van der Waals surface area contributed by atoms with Crippen LogP contribution in [-0.4, -0.2) is 53.8 Å². The van der Waals surface area contributed by atoms with Crippen molar-refractivity contribution < 1.29 is 18.8 Å². The molecule has 10 heteroatoms. The summed E-state index contributed by atoms with van der Waals surface area (Å²) in [4.78, 5) is 45.5. The summed E-state index contributed by atoms with van der Waals surface area (Å²) in [6, 6.07) is 12.4. The van der Waals surface area contributed by atoms with Gasteiger partial charge in [-0.1, -0.05) is 11.3 Å². The molecule has 1 saturated heterocycles. The van der Waals surface area contributed by atoms with Crippen LogP contribution in [0.2, 0.25) is 0 Å². The van der Waals surface area contributed by atoms with Crippen molar-refractivity contribution >= 4 is 45.6 Å². The van der Waals surface area contributed by atoms with E-state index in [1.54, 1.807) is 18.7 Å². The van der Waals surface area contributed by atoms with E-state index in [-0.39, 0.29) is 11.7 Å². The van der Waals surface area contributed by atoms with Gasteiger partial charge in [0.05, 0.1) is 5.69 Å². The largest absolute Gasteiger partial charge is 0.368 e. The number of carbonyl (C=O) groups excluding carboxylic acids is 3. The third kappa shape index (κ3) is 5.40. The van der Waals surface area contributed by atoms with Gasteiger partial charge in [0.25, 0.3) is 5.91 Å². The fourth-order valence-corrected chi connectivity index (χ4v) is 4.59. The lowest BCUT2D eigenvalue weighted by molar-refractivity contribution is 0.0750. The molecular formula is C24H24FN5O3S. The molecule has 2 aromatic carbocycles. The van der Waals surface area contributed by atoms with Crippen molar-refractivity contribution in [2.24, 2.45) is 0 Å². The van der Waals surface area contributed by atoms with Gasteiger partial charge < -0.3 is 15.1 Å². The molecule has 0 saturated carbocycles. The summed E-state index contributed by atoms with van der Waals surface area (Å²) >= 11 is 1.12. The molecule has 1 aliphatic rings. The number of Topliss-reactive ketones (excluding diaryl/α,β-unsaturated/α-hetero) is 1. The number of hydrogen-bond acceptors (Lipinski definition) is 6. The Morgan fingerprint density at radius 2 is 1.59 bits per heavy atom. The molecule has 3 aromatic rings. The highest BCUT2D eigenvalue weighted by atomic mass is 32.1.